The molecule has 4 aromatic carbocycles. The number of rotatable bonds is 4. The summed E-state index contributed by atoms with van der Waals surface area (Å²) in [6, 6.07) is 31.2. The van der Waals surface area contributed by atoms with Crippen molar-refractivity contribution < 1.29 is 0 Å². The lowest BCUT2D eigenvalue weighted by Crippen LogP contribution is -1.99. The molecule has 0 saturated carbocycles. The van der Waals surface area contributed by atoms with Crippen molar-refractivity contribution >= 4 is 34.9 Å². The molecular formula is C30H22N6S2. The summed E-state index contributed by atoms with van der Waals surface area (Å²) in [6.07, 6.45) is 3.77. The molecule has 0 aliphatic heterocycles. The van der Waals surface area contributed by atoms with E-state index in [1.165, 1.54) is 23.5 Å². The minimum atomic E-state index is 0.260. The number of benzene rings is 4. The first-order chi connectivity index (χ1) is 18.4. The van der Waals surface area contributed by atoms with E-state index in [4.69, 9.17) is 22.0 Å². The molecule has 0 aromatic heterocycles. The standard InChI is InChI=1S/2C15H11N3S/c2*1-19-14-7-11(10-5-3-2-4-6-10)12(8-16)15(18)13(14)9-17/h2*2-7H,18H2,1H3. The fraction of sp³-hybridized carbons (Fsp3) is 0.0667. The zero-order valence-electron chi connectivity index (χ0n) is 20.7. The molecule has 4 N–H and O–H groups in total. The number of hydrogen-bond donors (Lipinski definition) is 2. The Morgan fingerprint density at radius 1 is 0.526 bits per heavy atom. The van der Waals surface area contributed by atoms with Crippen molar-refractivity contribution in [2.75, 3.05) is 24.0 Å². The highest BCUT2D eigenvalue weighted by Gasteiger charge is 2.17. The molecule has 38 heavy (non-hydrogen) atoms. The minimum Gasteiger partial charge on any atom is -0.397 e. The maximum absolute atomic E-state index is 9.30. The first-order valence-electron chi connectivity index (χ1n) is 11.2. The molecule has 4 rings (SSSR count). The summed E-state index contributed by atoms with van der Waals surface area (Å²) in [5.41, 5.74) is 17.3. The van der Waals surface area contributed by atoms with E-state index in [0.717, 1.165) is 32.0 Å². The first-order valence-corrected chi connectivity index (χ1v) is 13.6. The average Bonchev–Trinajstić information content (AvgIpc) is 2.97. The van der Waals surface area contributed by atoms with Gasteiger partial charge in [0, 0.05) is 20.9 Å². The van der Waals surface area contributed by atoms with E-state index >= 15 is 0 Å². The van der Waals surface area contributed by atoms with Crippen molar-refractivity contribution in [3.63, 3.8) is 0 Å². The van der Waals surface area contributed by atoms with Gasteiger partial charge < -0.3 is 11.5 Å². The molecule has 0 radical (unpaired) electrons. The molecule has 0 aliphatic rings. The van der Waals surface area contributed by atoms with Crippen molar-refractivity contribution in [2.24, 2.45) is 0 Å². The Morgan fingerprint density at radius 3 is 1.11 bits per heavy atom. The SMILES string of the molecule is CSc1cc(-c2ccccc2)c(C#N)c(N)c1C#N.CSc1cc(-c2ccccc2)c(C#N)c(N)c1C#N. The van der Waals surface area contributed by atoms with Crippen molar-refractivity contribution in [3.8, 4) is 46.5 Å². The molecule has 0 bridgehead atoms. The molecule has 0 fully saturated rings. The minimum absolute atomic E-state index is 0.260. The van der Waals surface area contributed by atoms with Gasteiger partial charge in [0.2, 0.25) is 0 Å². The summed E-state index contributed by atoms with van der Waals surface area (Å²) in [7, 11) is 0. The van der Waals surface area contributed by atoms with E-state index in [1.807, 2.05) is 85.3 Å². The van der Waals surface area contributed by atoms with Crippen LogP contribution in [0.1, 0.15) is 22.3 Å². The highest BCUT2D eigenvalue weighted by atomic mass is 32.2. The van der Waals surface area contributed by atoms with Crippen LogP contribution in [0.2, 0.25) is 0 Å². The molecule has 4 aromatic rings. The number of hydrogen-bond acceptors (Lipinski definition) is 8. The van der Waals surface area contributed by atoms with E-state index in [2.05, 4.69) is 24.3 Å². The van der Waals surface area contributed by atoms with Crippen LogP contribution in [0.3, 0.4) is 0 Å². The molecule has 0 spiro atoms. The second kappa shape index (κ2) is 12.9. The van der Waals surface area contributed by atoms with Crippen LogP contribution in [0.5, 0.6) is 0 Å². The molecule has 8 heteroatoms. The molecule has 0 atom stereocenters. The Kier molecular flexibility index (Phi) is 9.42. The van der Waals surface area contributed by atoms with Gasteiger partial charge in [-0.1, -0.05) is 60.7 Å². The third-order valence-corrected chi connectivity index (χ3v) is 7.24. The molecule has 6 nitrogen and oxygen atoms in total. The van der Waals surface area contributed by atoms with Crippen LogP contribution in [0.25, 0.3) is 22.3 Å². The number of thioether (sulfide) groups is 2. The van der Waals surface area contributed by atoms with E-state index in [0.29, 0.717) is 22.3 Å². The van der Waals surface area contributed by atoms with E-state index in [9.17, 15) is 10.5 Å². The topological polar surface area (TPSA) is 147 Å². The summed E-state index contributed by atoms with van der Waals surface area (Å²) in [5.74, 6) is 0. The van der Waals surface area contributed by atoms with Gasteiger partial charge >= 0.3 is 0 Å². The van der Waals surface area contributed by atoms with Gasteiger partial charge in [0.25, 0.3) is 0 Å². The van der Waals surface area contributed by atoms with Crippen molar-refractivity contribution in [3.05, 3.63) is 95.1 Å². The zero-order chi connectivity index (χ0) is 27.7. The quantitative estimate of drug-likeness (QED) is 0.216. The molecule has 0 saturated heterocycles. The molecule has 0 unspecified atom stereocenters. The third-order valence-electron chi connectivity index (χ3n) is 5.72. The number of anilines is 2. The van der Waals surface area contributed by atoms with Crippen LogP contribution in [0.4, 0.5) is 11.4 Å². The number of nitrogens with zero attached hydrogens (tertiary/aromatic N) is 4. The number of nitrogens with two attached hydrogens (primary N) is 2. The molecule has 184 valence electrons. The Hall–Kier alpha value is -4.86. The number of nitriles is 4. The lowest BCUT2D eigenvalue weighted by molar-refractivity contribution is 1.35. The van der Waals surface area contributed by atoms with Crippen LogP contribution < -0.4 is 11.5 Å². The monoisotopic (exact) mass is 530 g/mol. The van der Waals surface area contributed by atoms with E-state index < -0.39 is 0 Å². The second-order valence-electron chi connectivity index (χ2n) is 7.76. The van der Waals surface area contributed by atoms with Crippen LogP contribution in [-0.4, -0.2) is 12.5 Å². The van der Waals surface area contributed by atoms with Gasteiger partial charge in [-0.3, -0.25) is 0 Å². The van der Waals surface area contributed by atoms with Crippen molar-refractivity contribution in [2.45, 2.75) is 9.79 Å². The van der Waals surface area contributed by atoms with Crippen LogP contribution in [0.15, 0.2) is 82.6 Å². The number of nitrogen functional groups attached to an aromatic ring is 2. The van der Waals surface area contributed by atoms with Crippen LogP contribution in [-0.2, 0) is 0 Å². The van der Waals surface area contributed by atoms with E-state index in [-0.39, 0.29) is 11.4 Å². The summed E-state index contributed by atoms with van der Waals surface area (Å²) in [6.45, 7) is 0. The lowest BCUT2D eigenvalue weighted by atomic mass is 9.96. The summed E-state index contributed by atoms with van der Waals surface area (Å²) in [4.78, 5) is 1.58. The summed E-state index contributed by atoms with van der Waals surface area (Å²) < 4.78 is 0. The van der Waals surface area contributed by atoms with Gasteiger partial charge in [-0.2, -0.15) is 21.0 Å². The van der Waals surface area contributed by atoms with Gasteiger partial charge in [-0.25, -0.2) is 0 Å². The van der Waals surface area contributed by atoms with Crippen LogP contribution >= 0.6 is 23.5 Å². The Bertz CT molecular complexity index is 1510. The van der Waals surface area contributed by atoms with Crippen LogP contribution in [0, 0.1) is 45.3 Å². The van der Waals surface area contributed by atoms with Crippen molar-refractivity contribution in [1.29, 1.82) is 21.0 Å². The maximum Gasteiger partial charge on any atom is 0.103 e. The fourth-order valence-electron chi connectivity index (χ4n) is 3.84. The van der Waals surface area contributed by atoms with Gasteiger partial charge in [-0.05, 0) is 35.8 Å². The van der Waals surface area contributed by atoms with Gasteiger partial charge in [-0.15, -0.1) is 23.5 Å². The maximum atomic E-state index is 9.30. The largest absolute Gasteiger partial charge is 0.397 e. The molecular weight excluding hydrogens is 509 g/mol. The predicted molar refractivity (Wildman–Crippen MR) is 155 cm³/mol. The molecule has 0 amide bonds. The third kappa shape index (κ3) is 5.59. The van der Waals surface area contributed by atoms with Gasteiger partial charge in [0.15, 0.2) is 0 Å². The molecule has 0 heterocycles. The highest BCUT2D eigenvalue weighted by molar-refractivity contribution is 7.98. The Balaban J connectivity index is 0.000000211. The first kappa shape index (κ1) is 27.7. The Labute approximate surface area is 230 Å². The predicted octanol–water partition coefficient (Wildman–Crippen LogP) is 6.80. The van der Waals surface area contributed by atoms with Crippen molar-refractivity contribution in [1.82, 2.24) is 0 Å². The Morgan fingerprint density at radius 2 is 0.842 bits per heavy atom. The average molecular weight is 531 g/mol. The van der Waals surface area contributed by atoms with E-state index in [1.54, 1.807) is 0 Å². The molecule has 0 aliphatic carbocycles. The zero-order valence-corrected chi connectivity index (χ0v) is 22.3. The lowest BCUT2D eigenvalue weighted by Gasteiger charge is -2.11. The van der Waals surface area contributed by atoms with Gasteiger partial charge in [0.05, 0.1) is 33.6 Å². The van der Waals surface area contributed by atoms with Gasteiger partial charge in [0.1, 0.15) is 24.3 Å². The summed E-state index contributed by atoms with van der Waals surface area (Å²) in [5, 5.41) is 36.9. The fourth-order valence-corrected chi connectivity index (χ4v) is 5.03. The smallest absolute Gasteiger partial charge is 0.103 e. The highest BCUT2D eigenvalue weighted by Crippen LogP contribution is 2.37. The summed E-state index contributed by atoms with van der Waals surface area (Å²) >= 11 is 2.90. The second-order valence-corrected chi connectivity index (χ2v) is 9.46. The normalized spacial score (nSPS) is 9.63.